The van der Waals surface area contributed by atoms with Crippen LogP contribution in [0, 0.1) is 0 Å². The Morgan fingerprint density at radius 3 is 0.944 bits per heavy atom. The van der Waals surface area contributed by atoms with Gasteiger partial charge in [-0.05, 0) is 64.2 Å². The van der Waals surface area contributed by atoms with Gasteiger partial charge in [-0.15, -0.1) is 0 Å². The number of ether oxygens (including phenoxy) is 3. The summed E-state index contributed by atoms with van der Waals surface area (Å²) in [7, 11) is -9.76. The Labute approximate surface area is 541 Å². The van der Waals surface area contributed by atoms with Crippen molar-refractivity contribution >= 4 is 33.6 Å². The third-order valence-corrected chi connectivity index (χ3v) is 17.2. The van der Waals surface area contributed by atoms with Crippen LogP contribution in [0.5, 0.6) is 0 Å². The van der Waals surface area contributed by atoms with Crippen molar-refractivity contribution in [1.82, 2.24) is 0 Å². The normalized spacial score (nSPS) is 14.6. The quantitative estimate of drug-likeness (QED) is 0.0146. The predicted molar refractivity (Wildman–Crippen MR) is 362 cm³/mol. The third kappa shape index (κ3) is 66.5. The number of phosphoric acid groups is 2. The molecule has 16 nitrogen and oxygen atoms in total. The van der Waals surface area contributed by atoms with Crippen LogP contribution in [-0.4, -0.2) is 95.9 Å². The second kappa shape index (κ2) is 65.3. The summed E-state index contributed by atoms with van der Waals surface area (Å²) in [4.78, 5) is 58.4. The Hall–Kier alpha value is -2.75. The number of esters is 3. The molecule has 0 spiro atoms. The number of hydrogen-bond donors (Lipinski definition) is 4. The van der Waals surface area contributed by atoms with E-state index in [9.17, 15) is 43.5 Å². The van der Waals surface area contributed by atoms with Crippen molar-refractivity contribution < 1.29 is 75.8 Å². The molecule has 0 aromatic heterocycles. The number of rotatable bonds is 68. The molecule has 5 unspecified atom stereocenters. The van der Waals surface area contributed by atoms with Gasteiger partial charge >= 0.3 is 33.6 Å². The zero-order chi connectivity index (χ0) is 65.3. The Kier molecular flexibility index (Phi) is 63.3. The lowest BCUT2D eigenvalue weighted by Crippen LogP contribution is -2.30. The van der Waals surface area contributed by atoms with Gasteiger partial charge in [-0.3, -0.25) is 32.5 Å². The van der Waals surface area contributed by atoms with Crippen LogP contribution in [-0.2, 0) is 55.8 Å². The van der Waals surface area contributed by atoms with Crippen molar-refractivity contribution in [1.29, 1.82) is 0 Å². The maximum Gasteiger partial charge on any atom is 0.472 e. The molecule has 0 saturated carbocycles. The second-order valence-corrected chi connectivity index (χ2v) is 26.9. The molecule has 0 fully saturated rings. The van der Waals surface area contributed by atoms with Gasteiger partial charge in [0, 0.05) is 19.3 Å². The van der Waals surface area contributed by atoms with Crippen LogP contribution in [0.15, 0.2) is 60.8 Å². The molecule has 4 N–H and O–H groups in total. The van der Waals surface area contributed by atoms with Crippen LogP contribution in [0.2, 0.25) is 0 Å². The summed E-state index contributed by atoms with van der Waals surface area (Å²) in [6, 6.07) is 0. The summed E-state index contributed by atoms with van der Waals surface area (Å²) in [5, 5.41) is 20.6. The van der Waals surface area contributed by atoms with Gasteiger partial charge in [0.2, 0.25) is 0 Å². The molecule has 0 heterocycles. The monoisotopic (exact) mass is 1300 g/mol. The topological polar surface area (TPSA) is 231 Å². The number of aliphatic hydroxyl groups excluding tert-OH is 2. The number of carbonyl (C=O) groups is 3. The van der Waals surface area contributed by atoms with Crippen molar-refractivity contribution in [2.45, 2.75) is 334 Å². The molecule has 5 atom stereocenters. The predicted octanol–water partition coefficient (Wildman–Crippen LogP) is 19.8. The lowest BCUT2D eigenvalue weighted by atomic mass is 10.0. The molecule has 0 bridgehead atoms. The van der Waals surface area contributed by atoms with Gasteiger partial charge in [-0.25, -0.2) is 9.13 Å². The maximum atomic E-state index is 12.9. The minimum atomic E-state index is -4.91. The summed E-state index contributed by atoms with van der Waals surface area (Å²) in [5.41, 5.74) is 0. The van der Waals surface area contributed by atoms with Crippen LogP contribution >= 0.6 is 15.6 Å². The summed E-state index contributed by atoms with van der Waals surface area (Å²) < 4.78 is 60.9. The van der Waals surface area contributed by atoms with Crippen molar-refractivity contribution in [3.05, 3.63) is 60.8 Å². The highest BCUT2D eigenvalue weighted by Crippen LogP contribution is 2.45. The van der Waals surface area contributed by atoms with Crippen LogP contribution < -0.4 is 0 Å². The number of phosphoric ester groups is 2. The number of unbranched alkanes of at least 4 members (excludes halogenated alkanes) is 35. The van der Waals surface area contributed by atoms with Gasteiger partial charge in [0.1, 0.15) is 25.4 Å². The molecule has 0 radical (unpaired) electrons. The van der Waals surface area contributed by atoms with E-state index in [0.717, 1.165) is 109 Å². The number of hydrogen-bond acceptors (Lipinski definition) is 14. The van der Waals surface area contributed by atoms with E-state index in [0.29, 0.717) is 19.3 Å². The Morgan fingerprint density at radius 1 is 0.326 bits per heavy atom. The molecule has 89 heavy (non-hydrogen) atoms. The van der Waals surface area contributed by atoms with E-state index in [1.54, 1.807) is 0 Å². The Bertz CT molecular complexity index is 1870. The van der Waals surface area contributed by atoms with Gasteiger partial charge in [-0.1, -0.05) is 293 Å². The first-order valence-corrected chi connectivity index (χ1v) is 38.6. The number of carbonyl (C=O) groups excluding carboxylic acids is 3. The fourth-order valence-corrected chi connectivity index (χ4v) is 11.4. The fraction of sp³-hybridized carbons (Fsp3) is 0.817. The van der Waals surface area contributed by atoms with Crippen molar-refractivity contribution in [2.75, 3.05) is 39.6 Å². The highest BCUT2D eigenvalue weighted by molar-refractivity contribution is 7.47. The van der Waals surface area contributed by atoms with E-state index < -0.39 is 91.5 Å². The highest BCUT2D eigenvalue weighted by atomic mass is 31.2. The first-order valence-electron chi connectivity index (χ1n) is 35.6. The van der Waals surface area contributed by atoms with E-state index in [1.807, 2.05) is 0 Å². The number of aliphatic hydroxyl groups is 2. The molecule has 0 aromatic carbocycles. The zero-order valence-corrected chi connectivity index (χ0v) is 58.1. The molecule has 520 valence electrons. The summed E-state index contributed by atoms with van der Waals surface area (Å²) in [5.74, 6) is -1.56. The van der Waals surface area contributed by atoms with Gasteiger partial charge in [0.15, 0.2) is 6.10 Å². The smallest absolute Gasteiger partial charge is 0.463 e. The van der Waals surface area contributed by atoms with Gasteiger partial charge in [-0.2, -0.15) is 0 Å². The molecule has 0 amide bonds. The van der Waals surface area contributed by atoms with E-state index in [1.165, 1.54) is 148 Å². The van der Waals surface area contributed by atoms with Gasteiger partial charge in [0.25, 0.3) is 0 Å². The first-order chi connectivity index (χ1) is 43.2. The SMILES string of the molecule is CC/C=C\C/C=C\C/C=C\C/C=C\C/C=C\CCCCCCCCCCCC(=O)OCC(O)COP(=O)(O)OCC(O)COP(=O)(O)OCC(COC(=O)CCCCCCCCCCCCCCCCC)OC(=O)CCCCCCCCCCCCCCC. The Balaban J connectivity index is 4.50. The van der Waals surface area contributed by atoms with E-state index in [2.05, 4.69) is 81.5 Å². The second-order valence-electron chi connectivity index (χ2n) is 24.0. The lowest BCUT2D eigenvalue weighted by molar-refractivity contribution is -0.161. The molecular formula is C71H130O16P2. The average molecular weight is 1300 g/mol. The highest BCUT2D eigenvalue weighted by Gasteiger charge is 2.29. The van der Waals surface area contributed by atoms with Gasteiger partial charge < -0.3 is 34.2 Å². The van der Waals surface area contributed by atoms with Crippen LogP contribution in [0.25, 0.3) is 0 Å². The summed E-state index contributed by atoms with van der Waals surface area (Å²) in [6.45, 7) is 2.60. The molecule has 0 aliphatic rings. The zero-order valence-electron chi connectivity index (χ0n) is 56.4. The average Bonchev–Trinajstić information content (AvgIpc) is 3.70. The third-order valence-electron chi connectivity index (χ3n) is 15.3. The lowest BCUT2D eigenvalue weighted by Gasteiger charge is -2.21. The van der Waals surface area contributed by atoms with Crippen molar-refractivity contribution in [3.63, 3.8) is 0 Å². The molecule has 0 aliphatic carbocycles. The molecule has 0 rings (SSSR count). The Morgan fingerprint density at radius 2 is 0.596 bits per heavy atom. The minimum absolute atomic E-state index is 0.113. The van der Waals surface area contributed by atoms with E-state index in [4.69, 9.17) is 32.3 Å². The summed E-state index contributed by atoms with van der Waals surface area (Å²) in [6.07, 6.45) is 67.0. The molecule has 0 aliphatic heterocycles. The largest absolute Gasteiger partial charge is 0.472 e. The fourth-order valence-electron chi connectivity index (χ4n) is 9.83. The number of allylic oxidation sites excluding steroid dienone is 10. The van der Waals surface area contributed by atoms with Crippen LogP contribution in [0.1, 0.15) is 316 Å². The van der Waals surface area contributed by atoms with E-state index >= 15 is 0 Å². The summed E-state index contributed by atoms with van der Waals surface area (Å²) >= 11 is 0. The van der Waals surface area contributed by atoms with Crippen molar-refractivity contribution in [2.24, 2.45) is 0 Å². The van der Waals surface area contributed by atoms with E-state index in [-0.39, 0.29) is 19.3 Å². The molecule has 18 heteroatoms. The molecule has 0 saturated heterocycles. The minimum Gasteiger partial charge on any atom is -0.463 e. The maximum absolute atomic E-state index is 12.9. The standard InChI is InChI=1S/C71H130O16P2/c1-4-7-10-13-16-19-22-25-27-28-29-30-31-32-33-34-35-36-38-41-42-45-48-51-54-57-69(74)81-60-66(72)61-83-88(77,78)84-62-67(73)63-85-89(79,80)86-65-68(87-71(76)59-56-53-50-47-44-39-24-21-18-15-12-9-6-3)64-82-70(75)58-55-52-49-46-43-40-37-26-23-20-17-14-11-8-5-2/h7,10,16,19,25,27,29-30,32-33,66-68,72-73H,4-6,8-9,11-15,17-18,20-24,26,28,31,34-65H2,1-3H3,(H,77,78)(H,79,80)/b10-7-,19-16-,27-25-,30-29-,33-32-. The van der Waals surface area contributed by atoms with Crippen LogP contribution in [0.4, 0.5) is 0 Å². The van der Waals surface area contributed by atoms with Crippen molar-refractivity contribution in [3.8, 4) is 0 Å². The molecular weight excluding hydrogens is 1170 g/mol. The first kappa shape index (κ1) is 86.2. The van der Waals surface area contributed by atoms with Crippen LogP contribution in [0.3, 0.4) is 0 Å². The van der Waals surface area contributed by atoms with Gasteiger partial charge in [0.05, 0.1) is 26.4 Å². The molecule has 0 aromatic rings.